The summed E-state index contributed by atoms with van der Waals surface area (Å²) in [5, 5.41) is 6.26. The molecule has 2 aromatic carbocycles. The van der Waals surface area contributed by atoms with Crippen LogP contribution >= 0.6 is 0 Å². The van der Waals surface area contributed by atoms with E-state index in [1.807, 2.05) is 6.07 Å². The fourth-order valence-electron chi connectivity index (χ4n) is 2.01. The number of benzene rings is 2. The van der Waals surface area contributed by atoms with Crippen LogP contribution in [0.3, 0.4) is 0 Å². The Hall–Kier alpha value is -3.61. The normalized spacial score (nSPS) is 10.2. The first-order valence-corrected chi connectivity index (χ1v) is 7.76. The Morgan fingerprint density at radius 1 is 1.08 bits per heavy atom. The lowest BCUT2D eigenvalue weighted by Gasteiger charge is -2.08. The van der Waals surface area contributed by atoms with Crippen LogP contribution < -0.4 is 20.2 Å². The van der Waals surface area contributed by atoms with E-state index in [0.717, 1.165) is 0 Å². The first-order valence-electron chi connectivity index (χ1n) is 7.76. The van der Waals surface area contributed by atoms with Crippen molar-refractivity contribution in [2.75, 3.05) is 19.0 Å². The highest BCUT2D eigenvalue weighted by Gasteiger charge is 2.14. The molecule has 0 spiro atoms. The number of nitrogens with one attached hydrogen (secondary N) is 2. The van der Waals surface area contributed by atoms with Crippen LogP contribution in [-0.2, 0) is 9.59 Å². The molecule has 0 aliphatic carbocycles. The van der Waals surface area contributed by atoms with Gasteiger partial charge in [-0.1, -0.05) is 36.9 Å². The summed E-state index contributed by atoms with van der Waals surface area (Å²) in [6.07, 6.45) is 3.02. The van der Waals surface area contributed by atoms with Crippen molar-refractivity contribution in [3.8, 4) is 11.5 Å². The van der Waals surface area contributed by atoms with Gasteiger partial charge in [0.15, 0.2) is 0 Å². The third-order valence-electron chi connectivity index (χ3n) is 3.21. The maximum absolute atomic E-state index is 11.9. The van der Waals surface area contributed by atoms with E-state index in [2.05, 4.69) is 22.4 Å². The lowest BCUT2D eigenvalue weighted by molar-refractivity contribution is -0.136. The first-order chi connectivity index (χ1) is 12.7. The van der Waals surface area contributed by atoms with Crippen LogP contribution in [0.15, 0.2) is 66.3 Å². The molecule has 2 aromatic rings. The van der Waals surface area contributed by atoms with E-state index in [-0.39, 0.29) is 0 Å². The molecule has 2 rings (SSSR count). The van der Waals surface area contributed by atoms with Crippen molar-refractivity contribution >= 4 is 23.7 Å². The molecule has 0 heterocycles. The van der Waals surface area contributed by atoms with Gasteiger partial charge in [-0.15, -0.1) is 0 Å². The Labute approximate surface area is 151 Å². The second kappa shape index (κ2) is 9.63. The standard InChI is InChI=1S/C19H19N3O4/c1-3-12-26-16-10-6-4-8-14(16)13-20-22-19(24)18(23)21-15-9-5-7-11-17(15)25-2/h3-11,13H,1,12H2,2H3,(H,21,23)(H,22,24)/b20-13+. The first kappa shape index (κ1) is 18.7. The van der Waals surface area contributed by atoms with Crippen molar-refractivity contribution in [2.45, 2.75) is 0 Å². The molecule has 7 heteroatoms. The third kappa shape index (κ3) is 5.20. The van der Waals surface area contributed by atoms with Crippen molar-refractivity contribution in [1.29, 1.82) is 0 Å². The minimum atomic E-state index is -0.906. The second-order valence-corrected chi connectivity index (χ2v) is 4.99. The summed E-state index contributed by atoms with van der Waals surface area (Å²) in [7, 11) is 1.47. The fraction of sp³-hybridized carbons (Fsp3) is 0.105. The zero-order chi connectivity index (χ0) is 18.8. The number of hydrogen-bond acceptors (Lipinski definition) is 5. The van der Waals surface area contributed by atoms with Crippen LogP contribution in [0.1, 0.15) is 5.56 Å². The minimum absolute atomic E-state index is 0.346. The predicted octanol–water partition coefficient (Wildman–Crippen LogP) is 2.35. The number of amides is 2. The van der Waals surface area contributed by atoms with Crippen LogP contribution in [0.5, 0.6) is 11.5 Å². The molecule has 0 saturated heterocycles. The van der Waals surface area contributed by atoms with Gasteiger partial charge in [-0.3, -0.25) is 9.59 Å². The molecule has 0 radical (unpaired) electrons. The molecule has 0 unspecified atom stereocenters. The fourth-order valence-corrected chi connectivity index (χ4v) is 2.01. The molecule has 134 valence electrons. The van der Waals surface area contributed by atoms with Crippen LogP contribution in [-0.4, -0.2) is 31.7 Å². The van der Waals surface area contributed by atoms with E-state index in [1.54, 1.807) is 48.5 Å². The van der Waals surface area contributed by atoms with Crippen LogP contribution in [0.2, 0.25) is 0 Å². The molecule has 0 fully saturated rings. The number of carbonyl (C=O) groups excluding carboxylic acids is 2. The molecule has 0 saturated carbocycles. The summed E-state index contributed by atoms with van der Waals surface area (Å²) in [5.41, 5.74) is 3.22. The van der Waals surface area contributed by atoms with Gasteiger partial charge in [0, 0.05) is 5.56 Å². The van der Waals surface area contributed by atoms with E-state index >= 15 is 0 Å². The van der Waals surface area contributed by atoms with Gasteiger partial charge < -0.3 is 14.8 Å². The molecule has 0 aliphatic heterocycles. The predicted molar refractivity (Wildman–Crippen MR) is 99.5 cm³/mol. The molecular weight excluding hydrogens is 334 g/mol. The Kier molecular flexibility index (Phi) is 6.93. The van der Waals surface area contributed by atoms with Crippen LogP contribution in [0.25, 0.3) is 0 Å². The number of rotatable bonds is 7. The Morgan fingerprint density at radius 2 is 1.77 bits per heavy atom. The van der Waals surface area contributed by atoms with Gasteiger partial charge in [0.25, 0.3) is 0 Å². The van der Waals surface area contributed by atoms with Gasteiger partial charge in [-0.2, -0.15) is 5.10 Å². The molecule has 2 N–H and O–H groups in total. The van der Waals surface area contributed by atoms with Crippen LogP contribution in [0, 0.1) is 0 Å². The summed E-state index contributed by atoms with van der Waals surface area (Å²) in [5.74, 6) is -0.728. The van der Waals surface area contributed by atoms with Gasteiger partial charge in [-0.25, -0.2) is 5.43 Å². The maximum Gasteiger partial charge on any atom is 0.329 e. The minimum Gasteiger partial charge on any atom is -0.495 e. The van der Waals surface area contributed by atoms with Gasteiger partial charge >= 0.3 is 11.8 Å². The molecule has 2 amide bonds. The van der Waals surface area contributed by atoms with Crippen molar-refractivity contribution in [2.24, 2.45) is 5.10 Å². The van der Waals surface area contributed by atoms with E-state index in [9.17, 15) is 9.59 Å². The highest BCUT2D eigenvalue weighted by molar-refractivity contribution is 6.39. The molecule has 26 heavy (non-hydrogen) atoms. The lowest BCUT2D eigenvalue weighted by atomic mass is 10.2. The van der Waals surface area contributed by atoms with E-state index < -0.39 is 11.8 Å². The van der Waals surface area contributed by atoms with Gasteiger partial charge in [0.05, 0.1) is 19.0 Å². The Morgan fingerprint density at radius 3 is 2.50 bits per heavy atom. The summed E-state index contributed by atoms with van der Waals surface area (Å²) in [6.45, 7) is 3.93. The van der Waals surface area contributed by atoms with Crippen LogP contribution in [0.4, 0.5) is 5.69 Å². The molecule has 7 nitrogen and oxygen atoms in total. The zero-order valence-electron chi connectivity index (χ0n) is 14.3. The van der Waals surface area contributed by atoms with E-state index in [4.69, 9.17) is 9.47 Å². The summed E-state index contributed by atoms with van der Waals surface area (Å²) < 4.78 is 10.6. The number of anilines is 1. The number of para-hydroxylation sites is 3. The van der Waals surface area contributed by atoms with E-state index in [0.29, 0.717) is 29.4 Å². The molecular formula is C19H19N3O4. The monoisotopic (exact) mass is 353 g/mol. The summed E-state index contributed by atoms with van der Waals surface area (Å²) in [6, 6.07) is 13.9. The third-order valence-corrected chi connectivity index (χ3v) is 3.21. The number of nitrogens with zero attached hydrogens (tertiary/aromatic N) is 1. The van der Waals surface area contributed by atoms with Gasteiger partial charge in [-0.05, 0) is 24.3 Å². The van der Waals surface area contributed by atoms with Crippen molar-refractivity contribution in [3.63, 3.8) is 0 Å². The number of methoxy groups -OCH3 is 1. The molecule has 0 aromatic heterocycles. The average Bonchev–Trinajstić information content (AvgIpc) is 2.67. The Bertz CT molecular complexity index is 818. The largest absolute Gasteiger partial charge is 0.495 e. The van der Waals surface area contributed by atoms with E-state index in [1.165, 1.54) is 13.3 Å². The van der Waals surface area contributed by atoms with Crippen molar-refractivity contribution in [1.82, 2.24) is 5.43 Å². The SMILES string of the molecule is C=CCOc1ccccc1/C=N/NC(=O)C(=O)Nc1ccccc1OC. The topological polar surface area (TPSA) is 89.0 Å². The number of carbonyl (C=O) groups is 2. The molecule has 0 atom stereocenters. The smallest absolute Gasteiger partial charge is 0.329 e. The highest BCUT2D eigenvalue weighted by atomic mass is 16.5. The quantitative estimate of drug-likeness (QED) is 0.346. The Balaban J connectivity index is 1.96. The number of hydrogen-bond donors (Lipinski definition) is 2. The second-order valence-electron chi connectivity index (χ2n) is 4.99. The highest BCUT2D eigenvalue weighted by Crippen LogP contribution is 2.22. The van der Waals surface area contributed by atoms with Crippen molar-refractivity contribution < 1.29 is 19.1 Å². The molecule has 0 bridgehead atoms. The summed E-state index contributed by atoms with van der Waals surface area (Å²) in [4.78, 5) is 23.8. The molecule has 0 aliphatic rings. The number of ether oxygens (including phenoxy) is 2. The number of hydrazone groups is 1. The van der Waals surface area contributed by atoms with Gasteiger partial charge in [0.1, 0.15) is 18.1 Å². The lowest BCUT2D eigenvalue weighted by Crippen LogP contribution is -2.32. The van der Waals surface area contributed by atoms with Crippen molar-refractivity contribution in [3.05, 3.63) is 66.7 Å². The average molecular weight is 353 g/mol. The van der Waals surface area contributed by atoms with Gasteiger partial charge in [0.2, 0.25) is 0 Å². The summed E-state index contributed by atoms with van der Waals surface area (Å²) >= 11 is 0. The zero-order valence-corrected chi connectivity index (χ0v) is 14.3. The maximum atomic E-state index is 11.9.